The second-order valence-corrected chi connectivity index (χ2v) is 10.1. The van der Waals surface area contributed by atoms with Gasteiger partial charge < -0.3 is 4.90 Å². The number of rotatable bonds is 3. The number of hydrogen-bond acceptors (Lipinski definition) is 3. The van der Waals surface area contributed by atoms with Crippen LogP contribution in [-0.4, -0.2) is 46.9 Å². The second-order valence-electron chi connectivity index (χ2n) is 10.1. The molecule has 0 bridgehead atoms. The fraction of sp³-hybridized carbons (Fsp3) is 0.393. The van der Waals surface area contributed by atoms with Crippen LogP contribution in [0.5, 0.6) is 0 Å². The van der Waals surface area contributed by atoms with Crippen molar-refractivity contribution in [1.29, 1.82) is 0 Å². The van der Waals surface area contributed by atoms with Crippen molar-refractivity contribution in [3.63, 3.8) is 0 Å². The Morgan fingerprint density at radius 3 is 1.69 bits per heavy atom. The summed E-state index contributed by atoms with van der Waals surface area (Å²) in [6.07, 6.45) is 6.56. The normalized spacial score (nSPS) is 25.2. The highest BCUT2D eigenvalue weighted by Gasteiger charge is 2.46. The molecular weight excluding hydrogens is 394 g/mol. The Morgan fingerprint density at radius 1 is 0.812 bits per heavy atom. The number of carbonyl (C=O) groups is 1. The zero-order valence-electron chi connectivity index (χ0n) is 20.1. The molecule has 0 aliphatic carbocycles. The summed E-state index contributed by atoms with van der Waals surface area (Å²) in [5.74, 6) is 0.0781. The molecule has 2 aliphatic rings. The van der Waals surface area contributed by atoms with Gasteiger partial charge in [-0.15, -0.1) is 0 Å². The van der Waals surface area contributed by atoms with Gasteiger partial charge >= 0.3 is 0 Å². The zero-order chi connectivity index (χ0) is 23.0. The zero-order valence-corrected chi connectivity index (χ0v) is 20.1. The van der Waals surface area contributed by atoms with E-state index in [0.717, 1.165) is 5.57 Å². The minimum Gasteiger partial charge on any atom is -0.312 e. The van der Waals surface area contributed by atoms with Crippen molar-refractivity contribution in [2.45, 2.75) is 52.0 Å². The highest BCUT2D eigenvalue weighted by molar-refractivity contribution is 5.76. The van der Waals surface area contributed by atoms with E-state index in [0.29, 0.717) is 0 Å². The highest BCUT2D eigenvalue weighted by atomic mass is 16.2. The van der Waals surface area contributed by atoms with Crippen molar-refractivity contribution in [2.24, 2.45) is 5.41 Å². The van der Waals surface area contributed by atoms with E-state index < -0.39 is 0 Å². The van der Waals surface area contributed by atoms with Gasteiger partial charge in [0.05, 0.1) is 24.3 Å². The standard InChI is InChI=1S/C28H35N3O/c1-20(32)31-19-23(17-18-24(31)28(2,3)4)27-29(5)25(21-13-9-7-10-14-21)26(30(27)6)22-15-11-8-12-16-22/h7-19,24-27H,1-6H3/t24?,25-,26-/m0/s1. The smallest absolute Gasteiger partial charge is 0.223 e. The minimum atomic E-state index is -0.0309. The SMILES string of the molecule is CC(=O)N1C=C(C2N(C)[C@@H](c3ccccc3)[C@H](c3ccccc3)N2C)C=CC1C(C)(C)C. The molecule has 0 saturated carbocycles. The van der Waals surface area contributed by atoms with Crippen LogP contribution in [-0.2, 0) is 4.79 Å². The Kier molecular flexibility index (Phi) is 6.11. The van der Waals surface area contributed by atoms with Crippen molar-refractivity contribution in [2.75, 3.05) is 14.1 Å². The molecule has 168 valence electrons. The van der Waals surface area contributed by atoms with Gasteiger partial charge in [0.15, 0.2) is 0 Å². The first-order chi connectivity index (χ1) is 15.2. The minimum absolute atomic E-state index is 0.0309. The summed E-state index contributed by atoms with van der Waals surface area (Å²) in [6.45, 7) is 8.21. The molecular formula is C28H35N3O. The van der Waals surface area contributed by atoms with Crippen molar-refractivity contribution in [3.8, 4) is 0 Å². The first kappa shape index (κ1) is 22.5. The topological polar surface area (TPSA) is 26.8 Å². The average Bonchev–Trinajstić information content (AvgIpc) is 3.03. The van der Waals surface area contributed by atoms with Gasteiger partial charge in [0.2, 0.25) is 5.91 Å². The number of nitrogens with zero attached hydrogens (tertiary/aromatic N) is 3. The Labute approximate surface area is 192 Å². The van der Waals surface area contributed by atoms with Crippen LogP contribution in [0.25, 0.3) is 0 Å². The van der Waals surface area contributed by atoms with Gasteiger partial charge in [0.1, 0.15) is 0 Å². The lowest BCUT2D eigenvalue weighted by Crippen LogP contribution is -2.46. The molecule has 0 N–H and O–H groups in total. The summed E-state index contributed by atoms with van der Waals surface area (Å²) in [7, 11) is 4.40. The molecule has 0 spiro atoms. The second kappa shape index (κ2) is 8.68. The molecule has 2 aromatic rings. The Balaban J connectivity index is 1.77. The van der Waals surface area contributed by atoms with Crippen LogP contribution in [0.15, 0.2) is 84.6 Å². The fourth-order valence-corrected chi connectivity index (χ4v) is 5.37. The summed E-state index contributed by atoms with van der Waals surface area (Å²) in [5.41, 5.74) is 3.71. The van der Waals surface area contributed by atoms with Gasteiger partial charge in [-0.2, -0.15) is 0 Å². The van der Waals surface area contributed by atoms with Crippen LogP contribution < -0.4 is 0 Å². The predicted molar refractivity (Wildman–Crippen MR) is 131 cm³/mol. The molecule has 1 saturated heterocycles. The van der Waals surface area contributed by atoms with Crippen LogP contribution in [0.1, 0.15) is 50.9 Å². The summed E-state index contributed by atoms with van der Waals surface area (Å²) in [5, 5.41) is 0. The maximum absolute atomic E-state index is 12.6. The molecule has 0 aromatic heterocycles. The summed E-state index contributed by atoms with van der Waals surface area (Å²) in [6, 6.07) is 21.9. The number of likely N-dealkylation sites (N-methyl/N-ethyl adjacent to an activating group) is 2. The lowest BCUT2D eigenvalue weighted by molar-refractivity contribution is -0.129. The average molecular weight is 430 g/mol. The molecule has 3 atom stereocenters. The Morgan fingerprint density at radius 2 is 1.28 bits per heavy atom. The molecule has 2 heterocycles. The number of hydrogen-bond donors (Lipinski definition) is 0. The lowest BCUT2D eigenvalue weighted by atomic mass is 9.83. The van der Waals surface area contributed by atoms with Gasteiger partial charge in [0.25, 0.3) is 0 Å². The van der Waals surface area contributed by atoms with E-state index in [1.807, 2.05) is 4.90 Å². The third-order valence-corrected chi connectivity index (χ3v) is 6.84. The predicted octanol–water partition coefficient (Wildman–Crippen LogP) is 5.39. The van der Waals surface area contributed by atoms with Crippen molar-refractivity contribution < 1.29 is 4.79 Å². The quantitative estimate of drug-likeness (QED) is 0.655. The molecule has 32 heavy (non-hydrogen) atoms. The van der Waals surface area contributed by atoms with Crippen molar-refractivity contribution >= 4 is 5.91 Å². The molecule has 4 nitrogen and oxygen atoms in total. The largest absolute Gasteiger partial charge is 0.312 e. The fourth-order valence-electron chi connectivity index (χ4n) is 5.37. The van der Waals surface area contributed by atoms with Gasteiger partial charge in [-0.1, -0.05) is 93.6 Å². The molecule has 2 aliphatic heterocycles. The van der Waals surface area contributed by atoms with E-state index in [1.165, 1.54) is 11.1 Å². The molecule has 2 aromatic carbocycles. The van der Waals surface area contributed by atoms with Gasteiger partial charge in [-0.3, -0.25) is 14.6 Å². The third kappa shape index (κ3) is 4.05. The van der Waals surface area contributed by atoms with Crippen LogP contribution in [0.4, 0.5) is 0 Å². The summed E-state index contributed by atoms with van der Waals surface area (Å²) in [4.78, 5) is 19.4. The van der Waals surface area contributed by atoms with E-state index in [-0.39, 0.29) is 35.6 Å². The maximum atomic E-state index is 12.6. The number of carbonyl (C=O) groups excluding carboxylic acids is 1. The Bertz CT molecular complexity index is 954. The number of benzene rings is 2. The molecule has 4 heteroatoms. The summed E-state index contributed by atoms with van der Waals surface area (Å²) < 4.78 is 0. The van der Waals surface area contributed by atoms with E-state index in [2.05, 4.69) is 124 Å². The van der Waals surface area contributed by atoms with E-state index in [9.17, 15) is 4.79 Å². The first-order valence-corrected chi connectivity index (χ1v) is 11.4. The van der Waals surface area contributed by atoms with Crippen LogP contribution >= 0.6 is 0 Å². The van der Waals surface area contributed by atoms with E-state index >= 15 is 0 Å². The van der Waals surface area contributed by atoms with E-state index in [4.69, 9.17) is 0 Å². The molecule has 1 amide bonds. The van der Waals surface area contributed by atoms with Gasteiger partial charge in [0, 0.05) is 13.1 Å². The van der Waals surface area contributed by atoms with Crippen molar-refractivity contribution in [3.05, 3.63) is 95.7 Å². The maximum Gasteiger partial charge on any atom is 0.223 e. The molecule has 0 radical (unpaired) electrons. The van der Waals surface area contributed by atoms with Crippen LogP contribution in [0.3, 0.4) is 0 Å². The first-order valence-electron chi connectivity index (χ1n) is 11.4. The molecule has 1 unspecified atom stereocenters. The van der Waals surface area contributed by atoms with Gasteiger partial charge in [-0.25, -0.2) is 0 Å². The van der Waals surface area contributed by atoms with Crippen molar-refractivity contribution in [1.82, 2.24) is 14.7 Å². The highest BCUT2D eigenvalue weighted by Crippen LogP contribution is 2.47. The summed E-state index contributed by atoms with van der Waals surface area (Å²) >= 11 is 0. The third-order valence-electron chi connectivity index (χ3n) is 6.84. The van der Waals surface area contributed by atoms with Crippen LogP contribution in [0.2, 0.25) is 0 Å². The molecule has 1 fully saturated rings. The monoisotopic (exact) mass is 429 g/mol. The number of amides is 1. The lowest BCUT2D eigenvalue weighted by Gasteiger charge is -2.40. The molecule has 4 rings (SSSR count). The van der Waals surface area contributed by atoms with Crippen LogP contribution in [0, 0.1) is 5.41 Å². The Hall–Kier alpha value is -2.69. The van der Waals surface area contributed by atoms with Gasteiger partial charge in [-0.05, 0) is 36.2 Å². The van der Waals surface area contributed by atoms with E-state index in [1.54, 1.807) is 6.92 Å².